The van der Waals surface area contributed by atoms with Crippen LogP contribution in [0.2, 0.25) is 5.02 Å². The Balaban J connectivity index is 1.38. The maximum Gasteiger partial charge on any atom is 0.301 e. The largest absolute Gasteiger partial charge is 0.507 e. The van der Waals surface area contributed by atoms with Crippen molar-refractivity contribution in [3.8, 4) is 5.75 Å². The third-order valence-electron chi connectivity index (χ3n) is 6.55. The van der Waals surface area contributed by atoms with Crippen LogP contribution in [0.1, 0.15) is 35.2 Å². The Bertz CT molecular complexity index is 1620. The van der Waals surface area contributed by atoms with Gasteiger partial charge in [-0.05, 0) is 60.0 Å². The SMILES string of the molecule is CC1Cc2cc(/C(O)=C3\C(=O)C(=O)N(c4nnc(SCc5ccccc5Cl)s4)C3c3ccncc3)ccc2O1. The van der Waals surface area contributed by atoms with E-state index in [1.54, 1.807) is 42.7 Å². The molecule has 4 aromatic rings. The summed E-state index contributed by atoms with van der Waals surface area (Å²) in [5, 5.41) is 20.8. The zero-order valence-corrected chi connectivity index (χ0v) is 23.0. The molecule has 2 atom stereocenters. The van der Waals surface area contributed by atoms with Crippen molar-refractivity contribution in [3.63, 3.8) is 0 Å². The standard InChI is InChI=1S/C28H21ClN4O4S2/c1-15-12-19-13-17(6-7-21(19)37-15)24(34)22-23(16-8-10-30-11-9-16)33(26(36)25(22)35)27-31-32-28(39-27)38-14-18-4-2-3-5-20(18)29/h2-11,13,15,23,34H,12,14H2,1H3/b24-22+. The van der Waals surface area contributed by atoms with E-state index < -0.39 is 17.7 Å². The number of nitrogens with zero attached hydrogens (tertiary/aromatic N) is 4. The molecule has 1 fully saturated rings. The molecule has 6 rings (SSSR count). The molecular weight excluding hydrogens is 556 g/mol. The molecule has 0 aliphatic carbocycles. The molecule has 1 saturated heterocycles. The van der Waals surface area contributed by atoms with E-state index in [2.05, 4.69) is 15.2 Å². The molecule has 11 heteroatoms. The summed E-state index contributed by atoms with van der Waals surface area (Å²) in [4.78, 5) is 32.2. The zero-order valence-electron chi connectivity index (χ0n) is 20.6. The predicted molar refractivity (Wildman–Crippen MR) is 150 cm³/mol. The Hall–Kier alpha value is -3.73. The number of hydrogen-bond donors (Lipinski definition) is 1. The van der Waals surface area contributed by atoms with Gasteiger partial charge in [0.25, 0.3) is 5.78 Å². The zero-order chi connectivity index (χ0) is 27.1. The summed E-state index contributed by atoms with van der Waals surface area (Å²) in [6.45, 7) is 1.97. The Morgan fingerprint density at radius 3 is 2.74 bits per heavy atom. The number of anilines is 1. The van der Waals surface area contributed by atoms with Crippen molar-refractivity contribution < 1.29 is 19.4 Å². The molecule has 2 unspecified atom stereocenters. The van der Waals surface area contributed by atoms with Gasteiger partial charge >= 0.3 is 5.91 Å². The summed E-state index contributed by atoms with van der Waals surface area (Å²) in [5.74, 6) is -0.504. The molecule has 8 nitrogen and oxygen atoms in total. The maximum atomic E-state index is 13.4. The summed E-state index contributed by atoms with van der Waals surface area (Å²) >= 11 is 8.91. The van der Waals surface area contributed by atoms with E-state index in [0.717, 1.165) is 16.9 Å². The minimum absolute atomic E-state index is 0.0152. The number of ether oxygens (including phenoxy) is 1. The van der Waals surface area contributed by atoms with Crippen LogP contribution in [0.15, 0.2) is 76.9 Å². The topological polar surface area (TPSA) is 106 Å². The van der Waals surface area contributed by atoms with Gasteiger partial charge in [0.2, 0.25) is 5.13 Å². The number of amides is 1. The number of Topliss-reactive ketones (excluding diaryl/α,β-unsaturated/α-hetero) is 1. The predicted octanol–water partition coefficient (Wildman–Crippen LogP) is 5.83. The number of aromatic nitrogens is 3. The van der Waals surface area contributed by atoms with Crippen LogP contribution in [-0.4, -0.2) is 38.1 Å². The van der Waals surface area contributed by atoms with Crippen molar-refractivity contribution >= 4 is 57.3 Å². The first-order chi connectivity index (χ1) is 18.9. The third kappa shape index (κ3) is 4.80. The lowest BCUT2D eigenvalue weighted by molar-refractivity contribution is -0.132. The monoisotopic (exact) mass is 576 g/mol. The smallest absolute Gasteiger partial charge is 0.301 e. The van der Waals surface area contributed by atoms with Gasteiger partial charge in [-0.2, -0.15) is 0 Å². The van der Waals surface area contributed by atoms with E-state index >= 15 is 0 Å². The minimum Gasteiger partial charge on any atom is -0.507 e. The number of fused-ring (bicyclic) bond motifs is 1. The van der Waals surface area contributed by atoms with Crippen LogP contribution in [-0.2, 0) is 21.8 Å². The average molecular weight is 577 g/mol. The lowest BCUT2D eigenvalue weighted by Gasteiger charge is -2.22. The highest BCUT2D eigenvalue weighted by molar-refractivity contribution is 8.00. The van der Waals surface area contributed by atoms with Crippen LogP contribution < -0.4 is 9.64 Å². The first kappa shape index (κ1) is 25.5. The number of ketones is 1. The van der Waals surface area contributed by atoms with Gasteiger partial charge in [0.15, 0.2) is 4.34 Å². The van der Waals surface area contributed by atoms with Gasteiger partial charge in [-0.1, -0.05) is 52.9 Å². The highest BCUT2D eigenvalue weighted by Gasteiger charge is 2.48. The van der Waals surface area contributed by atoms with Crippen molar-refractivity contribution in [2.45, 2.75) is 35.6 Å². The van der Waals surface area contributed by atoms with Crippen LogP contribution >= 0.6 is 34.7 Å². The molecular formula is C28H21ClN4O4S2. The quantitative estimate of drug-likeness (QED) is 0.100. The lowest BCUT2D eigenvalue weighted by Crippen LogP contribution is -2.29. The average Bonchev–Trinajstić information content (AvgIpc) is 3.63. The Morgan fingerprint density at radius 1 is 1.15 bits per heavy atom. The van der Waals surface area contributed by atoms with Crippen LogP contribution in [0.3, 0.4) is 0 Å². The Labute approximate surface area is 237 Å². The van der Waals surface area contributed by atoms with Gasteiger partial charge in [-0.25, -0.2) is 0 Å². The second-order valence-corrected chi connectivity index (χ2v) is 11.7. The van der Waals surface area contributed by atoms with Gasteiger partial charge in [-0.3, -0.25) is 19.5 Å². The normalized spacial score (nSPS) is 19.8. The summed E-state index contributed by atoms with van der Waals surface area (Å²) in [7, 11) is 0. The van der Waals surface area contributed by atoms with Crippen molar-refractivity contribution in [1.29, 1.82) is 0 Å². The second-order valence-electron chi connectivity index (χ2n) is 9.14. The Morgan fingerprint density at radius 2 is 1.95 bits per heavy atom. The number of carbonyl (C=O) groups is 2. The number of hydrogen-bond acceptors (Lipinski definition) is 9. The number of halogens is 1. The Kier molecular flexibility index (Phi) is 6.84. The number of rotatable bonds is 6. The van der Waals surface area contributed by atoms with Crippen molar-refractivity contribution in [3.05, 3.63) is 99.8 Å². The molecule has 1 amide bonds. The number of benzene rings is 2. The van der Waals surface area contributed by atoms with E-state index in [1.807, 2.05) is 31.2 Å². The van der Waals surface area contributed by atoms with E-state index in [9.17, 15) is 14.7 Å². The first-order valence-electron chi connectivity index (χ1n) is 12.1. The van der Waals surface area contributed by atoms with Crippen molar-refractivity contribution in [1.82, 2.24) is 15.2 Å². The molecule has 2 aromatic carbocycles. The fourth-order valence-corrected chi connectivity index (χ4v) is 6.88. The molecule has 1 N–H and O–H groups in total. The molecule has 196 valence electrons. The second kappa shape index (κ2) is 10.4. The molecule has 4 heterocycles. The van der Waals surface area contributed by atoms with E-state index in [1.165, 1.54) is 28.0 Å². The molecule has 2 aromatic heterocycles. The fourth-order valence-electron chi connectivity index (χ4n) is 4.73. The molecule has 0 radical (unpaired) electrons. The first-order valence-corrected chi connectivity index (χ1v) is 14.3. The summed E-state index contributed by atoms with van der Waals surface area (Å²) in [5.41, 5.74) is 2.93. The summed E-state index contributed by atoms with van der Waals surface area (Å²) in [6.07, 6.45) is 3.88. The van der Waals surface area contributed by atoms with Crippen LogP contribution in [0, 0.1) is 0 Å². The number of carbonyl (C=O) groups excluding carboxylic acids is 2. The summed E-state index contributed by atoms with van der Waals surface area (Å²) in [6, 6.07) is 15.3. The van der Waals surface area contributed by atoms with Crippen LogP contribution in [0.5, 0.6) is 5.75 Å². The number of thioether (sulfide) groups is 1. The number of pyridine rings is 1. The highest BCUT2D eigenvalue weighted by atomic mass is 35.5. The lowest BCUT2D eigenvalue weighted by atomic mass is 9.95. The molecule has 2 aliphatic heterocycles. The maximum absolute atomic E-state index is 13.4. The minimum atomic E-state index is -0.897. The summed E-state index contributed by atoms with van der Waals surface area (Å²) < 4.78 is 6.39. The van der Waals surface area contributed by atoms with Crippen molar-refractivity contribution in [2.24, 2.45) is 0 Å². The molecule has 39 heavy (non-hydrogen) atoms. The molecule has 0 spiro atoms. The van der Waals surface area contributed by atoms with Crippen LogP contribution in [0.4, 0.5) is 5.13 Å². The van der Waals surface area contributed by atoms with Crippen molar-refractivity contribution in [2.75, 3.05) is 4.90 Å². The van der Waals surface area contributed by atoms with Gasteiger partial charge in [0, 0.05) is 35.2 Å². The number of aliphatic hydroxyl groups excluding tert-OH is 1. The highest BCUT2D eigenvalue weighted by Crippen LogP contribution is 2.44. The van der Waals surface area contributed by atoms with E-state index in [0.29, 0.717) is 32.7 Å². The van der Waals surface area contributed by atoms with Gasteiger partial charge in [0.1, 0.15) is 17.6 Å². The fraction of sp³-hybridized carbons (Fsp3) is 0.179. The van der Waals surface area contributed by atoms with Gasteiger partial charge < -0.3 is 9.84 Å². The van der Waals surface area contributed by atoms with E-state index in [4.69, 9.17) is 16.3 Å². The number of aliphatic hydroxyl groups is 1. The molecule has 0 bridgehead atoms. The van der Waals surface area contributed by atoms with Gasteiger partial charge in [-0.15, -0.1) is 10.2 Å². The van der Waals surface area contributed by atoms with Gasteiger partial charge in [0.05, 0.1) is 11.6 Å². The third-order valence-corrected chi connectivity index (χ3v) is 9.02. The molecule has 2 aliphatic rings. The van der Waals surface area contributed by atoms with Crippen LogP contribution in [0.25, 0.3) is 5.76 Å². The molecule has 0 saturated carbocycles. The van der Waals surface area contributed by atoms with E-state index in [-0.39, 0.29) is 22.6 Å².